The first kappa shape index (κ1) is 26.3. The topological polar surface area (TPSA) is 92.6 Å². The highest BCUT2D eigenvalue weighted by atomic mass is 35.5. The van der Waals surface area contributed by atoms with Crippen molar-refractivity contribution in [2.24, 2.45) is 0 Å². The second-order valence-corrected chi connectivity index (χ2v) is 10.9. The van der Waals surface area contributed by atoms with Crippen LogP contribution in [0.1, 0.15) is 31.3 Å². The summed E-state index contributed by atoms with van der Waals surface area (Å²) in [6.07, 6.45) is 0. The first-order chi connectivity index (χ1) is 17.1. The molecule has 0 saturated carbocycles. The number of ether oxygens (including phenoxy) is 1. The van der Waals surface area contributed by atoms with Crippen LogP contribution in [0.25, 0.3) is 0 Å². The van der Waals surface area contributed by atoms with E-state index < -0.39 is 21.9 Å². The lowest BCUT2D eigenvalue weighted by Crippen LogP contribution is -2.44. The molecule has 4 rings (SSSR count). The number of sulfonamides is 1. The Kier molecular flexibility index (Phi) is 7.84. The minimum absolute atomic E-state index is 0.0363. The molecule has 1 atom stereocenters. The Morgan fingerprint density at radius 1 is 1.17 bits per heavy atom. The summed E-state index contributed by atoms with van der Waals surface area (Å²) in [7, 11) is -1.97. The van der Waals surface area contributed by atoms with Gasteiger partial charge < -0.3 is 14.5 Å². The number of hydrogen-bond acceptors (Lipinski definition) is 7. The molecule has 0 aliphatic carbocycles. The van der Waals surface area contributed by atoms with Crippen molar-refractivity contribution in [3.05, 3.63) is 58.6 Å². The molecule has 36 heavy (non-hydrogen) atoms. The molecular weight excluding hydrogens is 507 g/mol. The summed E-state index contributed by atoms with van der Waals surface area (Å²) in [5.74, 6) is 0.245. The monoisotopic (exact) mass is 536 g/mol. The number of benzene rings is 2. The van der Waals surface area contributed by atoms with Crippen LogP contribution in [0.15, 0.2) is 41.3 Å². The Hall–Kier alpha value is -2.73. The first-order valence-electron chi connectivity index (χ1n) is 11.7. The summed E-state index contributed by atoms with van der Waals surface area (Å²) in [6.45, 7) is 9.36. The van der Waals surface area contributed by atoms with E-state index in [2.05, 4.69) is 31.8 Å². The quantitative estimate of drug-likeness (QED) is 0.465. The summed E-state index contributed by atoms with van der Waals surface area (Å²) >= 11 is 5.99. The van der Waals surface area contributed by atoms with Gasteiger partial charge >= 0.3 is 6.01 Å². The summed E-state index contributed by atoms with van der Waals surface area (Å²) < 4.78 is 50.2. The Labute approximate surface area is 215 Å². The predicted octanol–water partition coefficient (Wildman–Crippen LogP) is 3.98. The average Bonchev–Trinajstić information content (AvgIpc) is 3.24. The summed E-state index contributed by atoms with van der Waals surface area (Å²) in [4.78, 5) is 4.38. The van der Waals surface area contributed by atoms with Crippen LogP contribution in [0, 0.1) is 12.7 Å². The zero-order valence-electron chi connectivity index (χ0n) is 20.7. The third-order valence-corrected chi connectivity index (χ3v) is 8.29. The minimum Gasteiger partial charge on any atom is -0.424 e. The maximum absolute atomic E-state index is 13.9. The molecule has 12 heteroatoms. The van der Waals surface area contributed by atoms with Gasteiger partial charge in [-0.2, -0.15) is 0 Å². The number of halogens is 2. The van der Waals surface area contributed by atoms with Crippen molar-refractivity contribution in [3.63, 3.8) is 0 Å². The molecule has 3 aromatic rings. The molecule has 1 aliphatic rings. The fraction of sp³-hybridized carbons (Fsp3) is 0.417. The predicted molar refractivity (Wildman–Crippen MR) is 137 cm³/mol. The molecule has 9 nitrogen and oxygen atoms in total. The molecule has 2 aromatic carbocycles. The molecule has 0 amide bonds. The molecule has 1 saturated heterocycles. The van der Waals surface area contributed by atoms with Gasteiger partial charge in [-0.05, 0) is 57.6 Å². The summed E-state index contributed by atoms with van der Waals surface area (Å²) in [6, 6.07) is 9.29. The fourth-order valence-electron chi connectivity index (χ4n) is 4.16. The maximum atomic E-state index is 13.9. The van der Waals surface area contributed by atoms with E-state index in [-0.39, 0.29) is 21.5 Å². The van der Waals surface area contributed by atoms with Crippen molar-refractivity contribution in [1.82, 2.24) is 24.4 Å². The van der Waals surface area contributed by atoms with Crippen molar-refractivity contribution in [2.75, 3.05) is 38.1 Å². The fourth-order valence-corrected chi connectivity index (χ4v) is 5.90. The minimum atomic E-state index is -4.09. The largest absolute Gasteiger partial charge is 0.424 e. The van der Waals surface area contributed by atoms with E-state index >= 15 is 0 Å². The molecule has 1 fully saturated rings. The molecule has 194 valence electrons. The third kappa shape index (κ3) is 5.64. The van der Waals surface area contributed by atoms with Gasteiger partial charge in [-0.1, -0.05) is 22.8 Å². The van der Waals surface area contributed by atoms with Crippen LogP contribution in [0.4, 0.5) is 10.1 Å². The highest BCUT2D eigenvalue weighted by Gasteiger charge is 2.26. The lowest BCUT2D eigenvalue weighted by Gasteiger charge is -2.34. The van der Waals surface area contributed by atoms with Gasteiger partial charge in [0.2, 0.25) is 10.0 Å². The first-order valence-corrected chi connectivity index (χ1v) is 13.6. The zero-order valence-corrected chi connectivity index (χ0v) is 22.3. The standard InChI is InChI=1S/C24H30ClFN6O3S/c1-5-32-23(17(3)29-36(33,34)22-14-18(26)13-21(25)16(22)2)27-28-24(32)35-20-8-6-7-19(15-20)31-11-9-30(4)10-12-31/h6-8,13-15,17,29H,5,9-12H2,1-4H3/t17-/m1/s1. The smallest absolute Gasteiger partial charge is 0.322 e. The van der Waals surface area contributed by atoms with Crippen LogP contribution in [0.5, 0.6) is 11.8 Å². The molecule has 0 bridgehead atoms. The van der Waals surface area contributed by atoms with Crippen LogP contribution < -0.4 is 14.4 Å². The maximum Gasteiger partial charge on any atom is 0.322 e. The number of nitrogens with zero attached hydrogens (tertiary/aromatic N) is 5. The summed E-state index contributed by atoms with van der Waals surface area (Å²) in [5.41, 5.74) is 1.33. The highest BCUT2D eigenvalue weighted by Crippen LogP contribution is 2.29. The number of aromatic nitrogens is 3. The Bertz CT molecular complexity index is 1340. The van der Waals surface area contributed by atoms with E-state index in [0.29, 0.717) is 18.1 Å². The van der Waals surface area contributed by atoms with Gasteiger partial charge in [-0.3, -0.25) is 4.57 Å². The Morgan fingerprint density at radius 3 is 2.58 bits per heavy atom. The van der Waals surface area contributed by atoms with Gasteiger partial charge in [-0.25, -0.2) is 17.5 Å². The number of anilines is 1. The molecule has 0 radical (unpaired) electrons. The highest BCUT2D eigenvalue weighted by molar-refractivity contribution is 7.89. The molecule has 0 spiro atoms. The Balaban J connectivity index is 1.54. The molecule has 1 aliphatic heterocycles. The van der Waals surface area contributed by atoms with Crippen LogP contribution in [0.3, 0.4) is 0 Å². The van der Waals surface area contributed by atoms with Crippen molar-refractivity contribution < 1.29 is 17.5 Å². The number of nitrogens with one attached hydrogen (secondary N) is 1. The van der Waals surface area contributed by atoms with Crippen LogP contribution >= 0.6 is 11.6 Å². The lowest BCUT2D eigenvalue weighted by molar-refractivity contribution is 0.312. The molecule has 1 aromatic heterocycles. The van der Waals surface area contributed by atoms with Crippen molar-refractivity contribution in [3.8, 4) is 11.8 Å². The van der Waals surface area contributed by atoms with Crippen LogP contribution in [-0.4, -0.2) is 61.3 Å². The van der Waals surface area contributed by atoms with Crippen LogP contribution in [0.2, 0.25) is 5.02 Å². The lowest BCUT2D eigenvalue weighted by atomic mass is 10.2. The number of likely N-dealkylation sites (N-methyl/N-ethyl adjacent to an activating group) is 1. The number of rotatable bonds is 8. The van der Waals surface area contributed by atoms with Crippen molar-refractivity contribution in [1.29, 1.82) is 0 Å². The van der Waals surface area contributed by atoms with Gasteiger partial charge in [0.15, 0.2) is 5.82 Å². The van der Waals surface area contributed by atoms with Crippen molar-refractivity contribution in [2.45, 2.75) is 38.3 Å². The number of hydrogen-bond donors (Lipinski definition) is 1. The number of piperazine rings is 1. The van der Waals surface area contributed by atoms with E-state index in [1.165, 1.54) is 6.92 Å². The third-order valence-electron chi connectivity index (χ3n) is 6.23. The second kappa shape index (κ2) is 10.7. The van der Waals surface area contributed by atoms with Gasteiger partial charge in [0.1, 0.15) is 11.6 Å². The van der Waals surface area contributed by atoms with Gasteiger partial charge in [0.05, 0.1) is 10.9 Å². The second-order valence-electron chi connectivity index (χ2n) is 8.83. The van der Waals surface area contributed by atoms with Crippen LogP contribution in [-0.2, 0) is 16.6 Å². The molecular formula is C24H30ClFN6O3S. The van der Waals surface area contributed by atoms with E-state index in [1.54, 1.807) is 11.5 Å². The normalized spacial score (nSPS) is 15.8. The molecule has 1 N–H and O–H groups in total. The van der Waals surface area contributed by atoms with Crippen molar-refractivity contribution >= 4 is 27.3 Å². The SMILES string of the molecule is CCn1c(Oc2cccc(N3CCN(C)CC3)c2)nnc1[C@@H](C)NS(=O)(=O)c1cc(F)cc(Cl)c1C. The van der Waals surface area contributed by atoms with Gasteiger partial charge in [-0.15, -0.1) is 5.10 Å². The zero-order chi connectivity index (χ0) is 26.0. The van der Waals surface area contributed by atoms with E-state index in [4.69, 9.17) is 16.3 Å². The molecule has 0 unspecified atom stereocenters. The average molecular weight is 537 g/mol. The van der Waals surface area contributed by atoms with Gasteiger partial charge in [0.25, 0.3) is 0 Å². The van der Waals surface area contributed by atoms with Gasteiger partial charge in [0, 0.05) is 49.5 Å². The summed E-state index contributed by atoms with van der Waals surface area (Å²) in [5, 5.41) is 8.38. The Morgan fingerprint density at radius 2 is 1.89 bits per heavy atom. The molecule has 2 heterocycles. The van der Waals surface area contributed by atoms with E-state index in [0.717, 1.165) is 44.0 Å². The van der Waals surface area contributed by atoms with E-state index in [1.807, 2.05) is 31.2 Å². The van der Waals surface area contributed by atoms with E-state index in [9.17, 15) is 12.8 Å².